The number of piperidine rings is 1. The highest BCUT2D eigenvalue weighted by atomic mass is 16.5. The maximum absolute atomic E-state index is 12.1. The van der Waals surface area contributed by atoms with Crippen LogP contribution in [-0.4, -0.2) is 31.7 Å². The van der Waals surface area contributed by atoms with Gasteiger partial charge in [0.25, 0.3) is 0 Å². The van der Waals surface area contributed by atoms with E-state index < -0.39 is 0 Å². The van der Waals surface area contributed by atoms with E-state index in [0.29, 0.717) is 0 Å². The molecule has 1 fully saturated rings. The van der Waals surface area contributed by atoms with Gasteiger partial charge in [0, 0.05) is 0 Å². The van der Waals surface area contributed by atoms with Crippen molar-refractivity contribution in [3.05, 3.63) is 34.9 Å². The number of rotatable bonds is 5. The predicted molar refractivity (Wildman–Crippen MR) is 91.5 cm³/mol. The highest BCUT2D eigenvalue weighted by Crippen LogP contribution is 2.24. The Hall–Kier alpha value is -1.39. The average Bonchev–Trinajstić information content (AvgIpc) is 2.60. The highest BCUT2D eigenvalue weighted by Gasteiger charge is 2.17. The summed E-state index contributed by atoms with van der Waals surface area (Å²) in [7, 11) is 0. The summed E-state index contributed by atoms with van der Waals surface area (Å²) in [5.41, 5.74) is 4.13. The molecule has 1 atom stereocenters. The Labute approximate surface area is 139 Å². The number of hydrogen-bond donors (Lipinski definition) is 2. The summed E-state index contributed by atoms with van der Waals surface area (Å²) in [5, 5.41) is 6.36. The first-order chi connectivity index (χ1) is 11.2. The molecule has 0 bridgehead atoms. The van der Waals surface area contributed by atoms with Crippen molar-refractivity contribution in [2.75, 3.05) is 19.7 Å². The molecular weight excluding hydrogens is 288 g/mol. The second-order valence-corrected chi connectivity index (χ2v) is 6.78. The topological polar surface area (TPSA) is 50.4 Å². The Bertz CT molecular complexity index is 538. The van der Waals surface area contributed by atoms with Gasteiger partial charge in [0.15, 0.2) is 0 Å². The number of nitrogens with one attached hydrogen (secondary N) is 2. The molecule has 23 heavy (non-hydrogen) atoms. The van der Waals surface area contributed by atoms with E-state index in [1.165, 1.54) is 42.4 Å². The minimum absolute atomic E-state index is 0.0197. The van der Waals surface area contributed by atoms with E-state index in [1.807, 2.05) is 6.92 Å². The molecule has 1 saturated heterocycles. The molecule has 0 spiro atoms. The fraction of sp³-hybridized carbons (Fsp3) is 0.632. The van der Waals surface area contributed by atoms with Crippen molar-refractivity contribution in [2.24, 2.45) is 0 Å². The summed E-state index contributed by atoms with van der Waals surface area (Å²) in [6, 6.07) is 6.69. The molecule has 2 N–H and O–H groups in total. The summed E-state index contributed by atoms with van der Waals surface area (Å²) in [4.78, 5) is 12.1. The van der Waals surface area contributed by atoms with Gasteiger partial charge in [0.2, 0.25) is 5.91 Å². The third kappa shape index (κ3) is 4.55. The lowest BCUT2D eigenvalue weighted by molar-refractivity contribution is -0.128. The van der Waals surface area contributed by atoms with Crippen molar-refractivity contribution >= 4 is 5.91 Å². The monoisotopic (exact) mass is 316 g/mol. The van der Waals surface area contributed by atoms with Crippen LogP contribution in [0, 0.1) is 0 Å². The molecule has 1 aliphatic heterocycles. The average molecular weight is 316 g/mol. The molecule has 0 radical (unpaired) electrons. The number of benzene rings is 1. The quantitative estimate of drug-likeness (QED) is 0.877. The Balaban J connectivity index is 1.49. The van der Waals surface area contributed by atoms with Crippen LogP contribution in [0.4, 0.5) is 0 Å². The Kier molecular flexibility index (Phi) is 5.68. The minimum Gasteiger partial charge on any atom is -0.368 e. The third-order valence-corrected chi connectivity index (χ3v) is 4.99. The first kappa shape index (κ1) is 16.5. The summed E-state index contributed by atoms with van der Waals surface area (Å²) >= 11 is 0. The fourth-order valence-corrected chi connectivity index (χ4v) is 3.54. The zero-order valence-electron chi connectivity index (χ0n) is 14.1. The van der Waals surface area contributed by atoms with Crippen LogP contribution in [0.1, 0.15) is 55.3 Å². The number of aryl methyl sites for hydroxylation is 2. The lowest BCUT2D eigenvalue weighted by Gasteiger charge is -2.23. The first-order valence-corrected chi connectivity index (χ1v) is 8.96. The SMILES string of the molecule is CC(NC(=O)COC1CCNCC1)c1ccc2c(c1)CCCC2. The van der Waals surface area contributed by atoms with Gasteiger partial charge < -0.3 is 15.4 Å². The van der Waals surface area contributed by atoms with Crippen LogP contribution in [0.2, 0.25) is 0 Å². The summed E-state index contributed by atoms with van der Waals surface area (Å²) in [6.45, 7) is 4.18. The molecular formula is C19H28N2O2. The van der Waals surface area contributed by atoms with Gasteiger partial charge in [0.1, 0.15) is 6.61 Å². The van der Waals surface area contributed by atoms with Gasteiger partial charge in [-0.2, -0.15) is 0 Å². The molecule has 3 rings (SSSR count). The zero-order valence-corrected chi connectivity index (χ0v) is 14.1. The van der Waals surface area contributed by atoms with Crippen molar-refractivity contribution in [1.29, 1.82) is 0 Å². The van der Waals surface area contributed by atoms with Crippen molar-refractivity contribution in [2.45, 2.75) is 57.6 Å². The van der Waals surface area contributed by atoms with Gasteiger partial charge in [-0.1, -0.05) is 18.2 Å². The van der Waals surface area contributed by atoms with E-state index in [0.717, 1.165) is 25.9 Å². The number of ether oxygens (including phenoxy) is 1. The van der Waals surface area contributed by atoms with Crippen molar-refractivity contribution in [1.82, 2.24) is 10.6 Å². The third-order valence-electron chi connectivity index (χ3n) is 4.99. The maximum Gasteiger partial charge on any atom is 0.246 e. The molecule has 2 aliphatic rings. The fourth-order valence-electron chi connectivity index (χ4n) is 3.54. The standard InChI is InChI=1S/C19H28N2O2/c1-14(16-7-6-15-4-2-3-5-17(15)12-16)21-19(22)13-23-18-8-10-20-11-9-18/h6-7,12,14,18,20H,2-5,8-11,13H2,1H3,(H,21,22). The van der Waals surface area contributed by atoms with Crippen LogP contribution in [-0.2, 0) is 22.4 Å². The number of carbonyl (C=O) groups is 1. The van der Waals surface area contributed by atoms with Crippen LogP contribution < -0.4 is 10.6 Å². The molecule has 1 aliphatic carbocycles. The van der Waals surface area contributed by atoms with Crippen LogP contribution in [0.25, 0.3) is 0 Å². The molecule has 0 saturated carbocycles. The van der Waals surface area contributed by atoms with E-state index in [9.17, 15) is 4.79 Å². The van der Waals surface area contributed by atoms with E-state index >= 15 is 0 Å². The largest absolute Gasteiger partial charge is 0.368 e. The van der Waals surface area contributed by atoms with Gasteiger partial charge >= 0.3 is 0 Å². The maximum atomic E-state index is 12.1. The molecule has 4 heteroatoms. The molecule has 1 heterocycles. The Morgan fingerprint density at radius 2 is 2.00 bits per heavy atom. The minimum atomic E-state index is -0.0197. The van der Waals surface area contributed by atoms with Gasteiger partial charge in [-0.05, 0) is 75.2 Å². The zero-order chi connectivity index (χ0) is 16.1. The number of carbonyl (C=O) groups excluding carboxylic acids is 1. The summed E-state index contributed by atoms with van der Waals surface area (Å²) in [5.74, 6) is -0.0197. The lowest BCUT2D eigenvalue weighted by atomic mass is 9.89. The normalized spacial score (nSPS) is 19.9. The van der Waals surface area contributed by atoms with E-state index in [4.69, 9.17) is 4.74 Å². The van der Waals surface area contributed by atoms with Crippen molar-refractivity contribution < 1.29 is 9.53 Å². The number of hydrogen-bond acceptors (Lipinski definition) is 3. The highest BCUT2D eigenvalue weighted by molar-refractivity contribution is 5.77. The Morgan fingerprint density at radius 3 is 2.78 bits per heavy atom. The van der Waals surface area contributed by atoms with Crippen LogP contribution in [0.3, 0.4) is 0 Å². The molecule has 1 unspecified atom stereocenters. The van der Waals surface area contributed by atoms with Gasteiger partial charge in [-0.15, -0.1) is 0 Å². The van der Waals surface area contributed by atoms with Gasteiger partial charge in [-0.3, -0.25) is 4.79 Å². The van der Waals surface area contributed by atoms with Crippen molar-refractivity contribution in [3.8, 4) is 0 Å². The molecule has 1 aromatic rings. The van der Waals surface area contributed by atoms with Gasteiger partial charge in [-0.25, -0.2) is 0 Å². The smallest absolute Gasteiger partial charge is 0.246 e. The molecule has 126 valence electrons. The predicted octanol–water partition coefficient (Wildman–Crippen LogP) is 2.51. The molecule has 1 amide bonds. The second-order valence-electron chi connectivity index (χ2n) is 6.78. The number of fused-ring (bicyclic) bond motifs is 1. The van der Waals surface area contributed by atoms with Crippen molar-refractivity contribution in [3.63, 3.8) is 0 Å². The van der Waals surface area contributed by atoms with E-state index in [-0.39, 0.29) is 24.7 Å². The van der Waals surface area contributed by atoms with E-state index in [1.54, 1.807) is 0 Å². The molecule has 4 nitrogen and oxygen atoms in total. The van der Waals surface area contributed by atoms with E-state index in [2.05, 4.69) is 28.8 Å². The summed E-state index contributed by atoms with van der Waals surface area (Å²) in [6.07, 6.45) is 7.15. The first-order valence-electron chi connectivity index (χ1n) is 8.96. The van der Waals surface area contributed by atoms with Crippen LogP contribution >= 0.6 is 0 Å². The lowest BCUT2D eigenvalue weighted by Crippen LogP contribution is -2.36. The molecule has 0 aromatic heterocycles. The van der Waals surface area contributed by atoms with Gasteiger partial charge in [0.05, 0.1) is 12.1 Å². The van der Waals surface area contributed by atoms with Crippen LogP contribution in [0.15, 0.2) is 18.2 Å². The van der Waals surface area contributed by atoms with Crippen LogP contribution in [0.5, 0.6) is 0 Å². The number of amides is 1. The molecule has 1 aromatic carbocycles. The second kappa shape index (κ2) is 7.93. The summed E-state index contributed by atoms with van der Waals surface area (Å²) < 4.78 is 5.72. The Morgan fingerprint density at radius 1 is 1.26 bits per heavy atom.